The second-order valence-electron chi connectivity index (χ2n) is 3.92. The molecule has 0 bridgehead atoms. The van der Waals surface area contributed by atoms with Crippen LogP contribution in [0.1, 0.15) is 18.6 Å². The van der Waals surface area contributed by atoms with Crippen LogP contribution in [0.4, 0.5) is 4.39 Å². The maximum atomic E-state index is 13.5. The van der Waals surface area contributed by atoms with Crippen molar-refractivity contribution in [2.75, 3.05) is 0 Å². The molecule has 4 heteroatoms. The molecule has 1 atom stereocenters. The summed E-state index contributed by atoms with van der Waals surface area (Å²) in [5, 5.41) is 9.38. The second-order valence-corrected chi connectivity index (χ2v) is 4.84. The molecular formula is C14H12BrFO2. The van der Waals surface area contributed by atoms with Gasteiger partial charge in [0.25, 0.3) is 0 Å². The summed E-state index contributed by atoms with van der Waals surface area (Å²) in [5.41, 5.74) is 0.789. The number of rotatable bonds is 3. The Labute approximate surface area is 113 Å². The van der Waals surface area contributed by atoms with Gasteiger partial charge < -0.3 is 9.84 Å². The molecule has 0 heterocycles. The number of hydrogen-bond donors (Lipinski definition) is 1. The molecule has 18 heavy (non-hydrogen) atoms. The zero-order valence-corrected chi connectivity index (χ0v) is 11.3. The molecule has 2 aromatic rings. The van der Waals surface area contributed by atoms with E-state index in [0.29, 0.717) is 5.75 Å². The maximum Gasteiger partial charge on any atom is 0.165 e. The van der Waals surface area contributed by atoms with Crippen LogP contribution in [-0.2, 0) is 0 Å². The first-order valence-electron chi connectivity index (χ1n) is 5.47. The van der Waals surface area contributed by atoms with Crippen molar-refractivity contribution in [2.24, 2.45) is 0 Å². The highest BCUT2D eigenvalue weighted by molar-refractivity contribution is 9.10. The van der Waals surface area contributed by atoms with E-state index in [2.05, 4.69) is 15.9 Å². The highest BCUT2D eigenvalue weighted by Crippen LogP contribution is 2.28. The summed E-state index contributed by atoms with van der Waals surface area (Å²) in [5.74, 6) is 0.267. The minimum Gasteiger partial charge on any atom is -0.454 e. The van der Waals surface area contributed by atoms with Crippen molar-refractivity contribution in [3.8, 4) is 11.5 Å². The normalized spacial score (nSPS) is 12.2. The van der Waals surface area contributed by atoms with Gasteiger partial charge in [-0.05, 0) is 42.8 Å². The van der Waals surface area contributed by atoms with Gasteiger partial charge in [0.1, 0.15) is 5.75 Å². The molecule has 94 valence electrons. The van der Waals surface area contributed by atoms with Gasteiger partial charge >= 0.3 is 0 Å². The van der Waals surface area contributed by atoms with Gasteiger partial charge in [-0.25, -0.2) is 4.39 Å². The summed E-state index contributed by atoms with van der Waals surface area (Å²) in [7, 11) is 0. The van der Waals surface area contributed by atoms with Gasteiger partial charge in [-0.1, -0.05) is 28.1 Å². The fraction of sp³-hybridized carbons (Fsp3) is 0.143. The summed E-state index contributed by atoms with van der Waals surface area (Å²) < 4.78 is 19.7. The van der Waals surface area contributed by atoms with Gasteiger partial charge in [-0.15, -0.1) is 0 Å². The minimum absolute atomic E-state index is 0.161. The van der Waals surface area contributed by atoms with Gasteiger partial charge in [-0.3, -0.25) is 0 Å². The number of benzene rings is 2. The van der Waals surface area contributed by atoms with E-state index >= 15 is 0 Å². The summed E-state index contributed by atoms with van der Waals surface area (Å²) >= 11 is 3.26. The lowest BCUT2D eigenvalue weighted by atomic mass is 10.1. The van der Waals surface area contributed by atoms with Gasteiger partial charge in [0.2, 0.25) is 0 Å². The van der Waals surface area contributed by atoms with E-state index in [9.17, 15) is 9.50 Å². The standard InChI is InChI=1S/C14H12BrFO2/c1-9(17)10-2-5-12(6-3-10)18-14-8-11(15)4-7-13(14)16/h2-9,17H,1H3. The van der Waals surface area contributed by atoms with Gasteiger partial charge in [0, 0.05) is 4.47 Å². The molecule has 0 saturated heterocycles. The van der Waals surface area contributed by atoms with Crippen LogP contribution >= 0.6 is 15.9 Å². The summed E-state index contributed by atoms with van der Waals surface area (Å²) in [6.45, 7) is 1.68. The lowest BCUT2D eigenvalue weighted by molar-refractivity contribution is 0.199. The maximum absolute atomic E-state index is 13.5. The van der Waals surface area contributed by atoms with Crippen LogP contribution in [0.2, 0.25) is 0 Å². The number of hydrogen-bond acceptors (Lipinski definition) is 2. The first kappa shape index (κ1) is 13.1. The van der Waals surface area contributed by atoms with Crippen LogP contribution in [0, 0.1) is 5.82 Å². The van der Waals surface area contributed by atoms with Crippen LogP contribution in [0.3, 0.4) is 0 Å². The summed E-state index contributed by atoms with van der Waals surface area (Å²) in [4.78, 5) is 0. The van der Waals surface area contributed by atoms with Crippen LogP contribution < -0.4 is 4.74 Å². The highest BCUT2D eigenvalue weighted by atomic mass is 79.9. The molecule has 2 rings (SSSR count). The van der Waals surface area contributed by atoms with Gasteiger partial charge in [-0.2, -0.15) is 0 Å². The minimum atomic E-state index is -0.526. The van der Waals surface area contributed by atoms with E-state index in [0.717, 1.165) is 10.0 Å². The first-order valence-corrected chi connectivity index (χ1v) is 6.26. The van der Waals surface area contributed by atoms with Gasteiger partial charge in [0.15, 0.2) is 11.6 Å². The molecule has 0 saturated carbocycles. The number of ether oxygens (including phenoxy) is 1. The van der Waals surface area contributed by atoms with Crippen molar-refractivity contribution in [1.82, 2.24) is 0 Å². The fourth-order valence-electron chi connectivity index (χ4n) is 1.50. The zero-order chi connectivity index (χ0) is 13.1. The van der Waals surface area contributed by atoms with E-state index in [1.54, 1.807) is 43.3 Å². The van der Waals surface area contributed by atoms with Crippen molar-refractivity contribution in [3.63, 3.8) is 0 Å². The molecule has 0 amide bonds. The quantitative estimate of drug-likeness (QED) is 0.908. The van der Waals surface area contributed by atoms with E-state index in [1.165, 1.54) is 6.07 Å². The Bertz CT molecular complexity index is 538. The number of aliphatic hydroxyl groups excluding tert-OH is 1. The smallest absolute Gasteiger partial charge is 0.165 e. The Hall–Kier alpha value is -1.39. The molecule has 0 aromatic heterocycles. The molecule has 0 fully saturated rings. The average molecular weight is 311 g/mol. The third-order valence-electron chi connectivity index (χ3n) is 2.48. The topological polar surface area (TPSA) is 29.5 Å². The van der Waals surface area contributed by atoms with Crippen LogP contribution in [0.5, 0.6) is 11.5 Å². The van der Waals surface area contributed by atoms with E-state index in [1.807, 2.05) is 0 Å². The third kappa shape index (κ3) is 3.09. The monoisotopic (exact) mass is 310 g/mol. The molecule has 0 spiro atoms. The molecule has 1 unspecified atom stereocenters. The largest absolute Gasteiger partial charge is 0.454 e. The Morgan fingerprint density at radius 2 is 1.83 bits per heavy atom. The molecule has 0 aliphatic rings. The predicted molar refractivity (Wildman–Crippen MR) is 71.2 cm³/mol. The SMILES string of the molecule is CC(O)c1ccc(Oc2cc(Br)ccc2F)cc1. The highest BCUT2D eigenvalue weighted by Gasteiger charge is 2.06. The lowest BCUT2D eigenvalue weighted by Crippen LogP contribution is -1.92. The molecule has 2 aromatic carbocycles. The van der Waals surface area contributed by atoms with Gasteiger partial charge in [0.05, 0.1) is 6.10 Å². The molecular weight excluding hydrogens is 299 g/mol. The van der Waals surface area contributed by atoms with Crippen molar-refractivity contribution in [2.45, 2.75) is 13.0 Å². The fourth-order valence-corrected chi connectivity index (χ4v) is 1.84. The zero-order valence-electron chi connectivity index (χ0n) is 9.73. The molecule has 2 nitrogen and oxygen atoms in total. The van der Waals surface area contributed by atoms with Crippen LogP contribution in [0.25, 0.3) is 0 Å². The van der Waals surface area contributed by atoms with E-state index in [4.69, 9.17) is 4.74 Å². The number of halogens is 2. The summed E-state index contributed by atoms with van der Waals surface area (Å²) in [6, 6.07) is 11.4. The average Bonchev–Trinajstić information content (AvgIpc) is 2.34. The Balaban J connectivity index is 2.21. The van der Waals surface area contributed by atoms with Crippen molar-refractivity contribution >= 4 is 15.9 Å². The number of aliphatic hydroxyl groups is 1. The molecule has 0 radical (unpaired) electrons. The van der Waals surface area contributed by atoms with Crippen LogP contribution in [0.15, 0.2) is 46.9 Å². The Morgan fingerprint density at radius 3 is 2.44 bits per heavy atom. The third-order valence-corrected chi connectivity index (χ3v) is 2.98. The van der Waals surface area contributed by atoms with E-state index < -0.39 is 11.9 Å². The first-order chi connectivity index (χ1) is 8.56. The van der Waals surface area contributed by atoms with E-state index in [-0.39, 0.29) is 5.75 Å². The van der Waals surface area contributed by atoms with Crippen LogP contribution in [-0.4, -0.2) is 5.11 Å². The van der Waals surface area contributed by atoms with Crippen molar-refractivity contribution in [1.29, 1.82) is 0 Å². The van der Waals surface area contributed by atoms with Crippen molar-refractivity contribution < 1.29 is 14.2 Å². The predicted octanol–water partition coefficient (Wildman–Crippen LogP) is 4.43. The molecule has 0 aliphatic carbocycles. The molecule has 1 N–H and O–H groups in total. The van der Waals surface area contributed by atoms with Crippen molar-refractivity contribution in [3.05, 3.63) is 58.3 Å². The summed E-state index contributed by atoms with van der Waals surface area (Å²) in [6.07, 6.45) is -0.526. The molecule has 0 aliphatic heterocycles. The Morgan fingerprint density at radius 1 is 1.17 bits per heavy atom. The lowest BCUT2D eigenvalue weighted by Gasteiger charge is -2.09. The second kappa shape index (κ2) is 5.50. The Kier molecular flexibility index (Phi) is 3.99.